The number of hydrogen-bond acceptors (Lipinski definition) is 1. The fourth-order valence-electron chi connectivity index (χ4n) is 10.0. The second kappa shape index (κ2) is 11.0. The van der Waals surface area contributed by atoms with Crippen molar-refractivity contribution in [3.63, 3.8) is 0 Å². The number of rotatable bonds is 3. The first kappa shape index (κ1) is 29.6. The first-order valence-corrected chi connectivity index (χ1v) is 18.8. The van der Waals surface area contributed by atoms with Gasteiger partial charge in [0.05, 0.1) is 5.41 Å². The van der Waals surface area contributed by atoms with Gasteiger partial charge in [0.1, 0.15) is 0 Å². The lowest BCUT2D eigenvalue weighted by Gasteiger charge is -2.32. The Balaban J connectivity index is 1.11. The summed E-state index contributed by atoms with van der Waals surface area (Å²) in [4.78, 5) is 2.44. The van der Waals surface area contributed by atoms with Crippen LogP contribution in [0.4, 0.5) is 17.1 Å². The molecule has 0 radical (unpaired) electrons. The van der Waals surface area contributed by atoms with Crippen molar-refractivity contribution in [2.75, 3.05) is 4.90 Å². The highest BCUT2D eigenvalue weighted by molar-refractivity contribution is 6.27. The van der Waals surface area contributed by atoms with Crippen LogP contribution in [0.1, 0.15) is 22.3 Å². The first-order valence-electron chi connectivity index (χ1n) is 18.8. The highest BCUT2D eigenvalue weighted by Gasteiger charge is 2.51. The maximum absolute atomic E-state index is 2.48. The van der Waals surface area contributed by atoms with Crippen molar-refractivity contribution in [1.29, 1.82) is 0 Å². The third-order valence-electron chi connectivity index (χ3n) is 12.2. The second-order valence-electron chi connectivity index (χ2n) is 14.8. The predicted octanol–water partition coefficient (Wildman–Crippen LogP) is 14.1. The molecule has 0 amide bonds. The Bertz CT molecular complexity index is 3100. The Kier molecular flexibility index (Phi) is 6.04. The van der Waals surface area contributed by atoms with Gasteiger partial charge in [-0.25, -0.2) is 0 Å². The number of hydrogen-bond donors (Lipinski definition) is 0. The van der Waals surface area contributed by atoms with Crippen LogP contribution in [0.15, 0.2) is 200 Å². The van der Waals surface area contributed by atoms with E-state index in [1.54, 1.807) is 0 Å². The molecule has 0 aromatic heterocycles. The summed E-state index contributed by atoms with van der Waals surface area (Å²) in [5.41, 5.74) is 13.7. The summed E-state index contributed by atoms with van der Waals surface area (Å²) >= 11 is 0. The second-order valence-corrected chi connectivity index (χ2v) is 14.8. The minimum Gasteiger partial charge on any atom is -0.310 e. The molecule has 0 N–H and O–H groups in total. The van der Waals surface area contributed by atoms with Gasteiger partial charge >= 0.3 is 0 Å². The lowest BCUT2D eigenvalue weighted by Crippen LogP contribution is -2.26. The number of anilines is 3. The van der Waals surface area contributed by atoms with E-state index in [4.69, 9.17) is 0 Å². The van der Waals surface area contributed by atoms with Crippen LogP contribution in [-0.2, 0) is 5.41 Å². The highest BCUT2D eigenvalue weighted by atomic mass is 15.1. The molecule has 1 spiro atoms. The molecule has 1 nitrogen and oxygen atoms in total. The maximum atomic E-state index is 2.48. The molecule has 12 rings (SSSR count). The molecule has 0 fully saturated rings. The summed E-state index contributed by atoms with van der Waals surface area (Å²) in [6.07, 6.45) is 0. The van der Waals surface area contributed by atoms with Crippen molar-refractivity contribution in [3.05, 3.63) is 222 Å². The van der Waals surface area contributed by atoms with Crippen molar-refractivity contribution in [2.24, 2.45) is 0 Å². The van der Waals surface area contributed by atoms with E-state index in [0.29, 0.717) is 0 Å². The zero-order valence-electron chi connectivity index (χ0n) is 29.5. The SMILES string of the molecule is c1ccc(N(c2ccc3c(c2)C2(c4ccccc4-c4ccccc42)c2ccccc2-3)c2ccc3c(ccc4ccc5ccc6ccccc6c5c43)c2)cc1. The third-order valence-corrected chi connectivity index (χ3v) is 12.2. The van der Waals surface area contributed by atoms with Gasteiger partial charge in [-0.3, -0.25) is 0 Å². The lowest BCUT2D eigenvalue weighted by atomic mass is 9.70. The summed E-state index contributed by atoms with van der Waals surface area (Å²) in [6.45, 7) is 0. The normalized spacial score (nSPS) is 13.3. The largest absolute Gasteiger partial charge is 0.310 e. The Morgan fingerprint density at radius 2 is 0.741 bits per heavy atom. The maximum Gasteiger partial charge on any atom is 0.0726 e. The number of para-hydroxylation sites is 1. The quantitative estimate of drug-likeness (QED) is 0.168. The Morgan fingerprint density at radius 3 is 1.39 bits per heavy atom. The Labute approximate surface area is 314 Å². The Morgan fingerprint density at radius 1 is 0.278 bits per heavy atom. The summed E-state index contributed by atoms with van der Waals surface area (Å²) in [5, 5.41) is 10.2. The molecule has 1 heteroatoms. The van der Waals surface area contributed by atoms with Gasteiger partial charge < -0.3 is 4.90 Å². The molecule has 0 atom stereocenters. The third kappa shape index (κ3) is 3.88. The average Bonchev–Trinajstić information content (AvgIpc) is 3.71. The lowest BCUT2D eigenvalue weighted by molar-refractivity contribution is 0.793. The van der Waals surface area contributed by atoms with Gasteiger partial charge in [0.15, 0.2) is 0 Å². The molecule has 0 saturated heterocycles. The van der Waals surface area contributed by atoms with Gasteiger partial charge in [-0.1, -0.05) is 164 Å². The van der Waals surface area contributed by atoms with Crippen LogP contribution in [-0.4, -0.2) is 0 Å². The van der Waals surface area contributed by atoms with E-state index in [9.17, 15) is 0 Å². The molecule has 0 saturated carbocycles. The molecule has 2 aliphatic rings. The standard InChI is InChI=1S/C53H33N/c1-2-13-38(14-3-1)54(39-28-30-42-37(32-39)27-26-36-25-24-35-23-22-34-12-4-5-15-41(34)51(35)52(36)42)40-29-31-46-45-18-8-11-21-49(45)53(50(46)33-40)47-19-9-6-16-43(47)44-17-7-10-20-48(44)53/h1-33H. The van der Waals surface area contributed by atoms with E-state index in [1.807, 2.05) is 0 Å². The van der Waals surface area contributed by atoms with Crippen LogP contribution < -0.4 is 4.90 Å². The van der Waals surface area contributed by atoms with Crippen LogP contribution in [0.25, 0.3) is 65.3 Å². The topological polar surface area (TPSA) is 3.24 Å². The van der Waals surface area contributed by atoms with E-state index >= 15 is 0 Å². The minimum absolute atomic E-state index is 0.399. The van der Waals surface area contributed by atoms with Crippen molar-refractivity contribution >= 4 is 60.2 Å². The molecular weight excluding hydrogens is 651 g/mol. The zero-order chi connectivity index (χ0) is 35.4. The smallest absolute Gasteiger partial charge is 0.0726 e. The molecule has 2 aliphatic carbocycles. The summed E-state index contributed by atoms with van der Waals surface area (Å²) in [7, 11) is 0. The molecule has 0 aliphatic heterocycles. The monoisotopic (exact) mass is 683 g/mol. The predicted molar refractivity (Wildman–Crippen MR) is 227 cm³/mol. The van der Waals surface area contributed by atoms with Crippen LogP contribution in [0.2, 0.25) is 0 Å². The number of benzene rings is 10. The van der Waals surface area contributed by atoms with Gasteiger partial charge in [0.25, 0.3) is 0 Å². The zero-order valence-corrected chi connectivity index (χ0v) is 29.5. The number of nitrogens with zero attached hydrogens (tertiary/aromatic N) is 1. The van der Waals surface area contributed by atoms with E-state index in [-0.39, 0.29) is 0 Å². The summed E-state index contributed by atoms with van der Waals surface area (Å²) in [6, 6.07) is 74.6. The number of fused-ring (bicyclic) bond motifs is 17. The first-order chi connectivity index (χ1) is 26.8. The Hall–Kier alpha value is -6.96. The summed E-state index contributed by atoms with van der Waals surface area (Å²) < 4.78 is 0. The average molecular weight is 684 g/mol. The molecule has 10 aromatic rings. The molecule has 0 bridgehead atoms. The van der Waals surface area contributed by atoms with E-state index < -0.39 is 5.41 Å². The van der Waals surface area contributed by atoms with Crippen LogP contribution >= 0.6 is 0 Å². The molecule has 0 heterocycles. The molecular formula is C53H33N. The van der Waals surface area contributed by atoms with Crippen LogP contribution in [0.5, 0.6) is 0 Å². The van der Waals surface area contributed by atoms with E-state index in [1.165, 1.54) is 87.6 Å². The molecule has 54 heavy (non-hydrogen) atoms. The van der Waals surface area contributed by atoms with Crippen LogP contribution in [0.3, 0.4) is 0 Å². The van der Waals surface area contributed by atoms with Gasteiger partial charge in [-0.2, -0.15) is 0 Å². The molecule has 10 aromatic carbocycles. The van der Waals surface area contributed by atoms with Gasteiger partial charge in [-0.15, -0.1) is 0 Å². The fourth-order valence-corrected chi connectivity index (χ4v) is 10.0. The van der Waals surface area contributed by atoms with Gasteiger partial charge in [0.2, 0.25) is 0 Å². The van der Waals surface area contributed by atoms with Crippen molar-refractivity contribution in [3.8, 4) is 22.3 Å². The fraction of sp³-hybridized carbons (Fsp3) is 0.0189. The molecule has 0 unspecified atom stereocenters. The van der Waals surface area contributed by atoms with E-state index in [0.717, 1.165) is 17.1 Å². The highest BCUT2D eigenvalue weighted by Crippen LogP contribution is 2.63. The minimum atomic E-state index is -0.399. The molecule has 250 valence electrons. The summed E-state index contributed by atoms with van der Waals surface area (Å²) in [5.74, 6) is 0. The van der Waals surface area contributed by atoms with Crippen molar-refractivity contribution in [1.82, 2.24) is 0 Å². The van der Waals surface area contributed by atoms with Crippen molar-refractivity contribution in [2.45, 2.75) is 5.41 Å². The van der Waals surface area contributed by atoms with Gasteiger partial charge in [-0.05, 0) is 124 Å². The van der Waals surface area contributed by atoms with Crippen molar-refractivity contribution < 1.29 is 0 Å². The van der Waals surface area contributed by atoms with Crippen LogP contribution in [0, 0.1) is 0 Å². The van der Waals surface area contributed by atoms with Gasteiger partial charge in [0, 0.05) is 17.1 Å². The van der Waals surface area contributed by atoms with E-state index in [2.05, 4.69) is 205 Å².